The molecule has 36 heavy (non-hydrogen) atoms. The molecule has 0 aliphatic carbocycles. The molecule has 4 unspecified atom stereocenters. The number of carbonyl (C=O) groups is 6. The molecule has 16 heteroatoms. The first-order valence-corrected chi connectivity index (χ1v) is 11.1. The highest BCUT2D eigenvalue weighted by Gasteiger charge is 2.31. The van der Waals surface area contributed by atoms with Crippen LogP contribution in [0.1, 0.15) is 46.0 Å². The second-order valence-corrected chi connectivity index (χ2v) is 8.34. The fraction of sp³-hybridized carbons (Fsp3) is 0.650. The fourth-order valence-electron chi connectivity index (χ4n) is 2.83. The lowest BCUT2D eigenvalue weighted by molar-refractivity contribution is -0.144. The third-order valence-corrected chi connectivity index (χ3v) is 4.90. The summed E-state index contributed by atoms with van der Waals surface area (Å²) >= 11 is 0. The van der Waals surface area contributed by atoms with Gasteiger partial charge in [0.2, 0.25) is 23.6 Å². The van der Waals surface area contributed by atoms with Crippen LogP contribution in [0, 0.1) is 5.92 Å². The Morgan fingerprint density at radius 1 is 0.806 bits per heavy atom. The zero-order chi connectivity index (χ0) is 28.0. The Balaban J connectivity index is 5.70. The van der Waals surface area contributed by atoms with E-state index < -0.39 is 79.0 Å². The minimum atomic E-state index is -1.70. The minimum Gasteiger partial charge on any atom is -0.481 e. The van der Waals surface area contributed by atoms with Crippen molar-refractivity contribution in [3.05, 3.63) is 0 Å². The Bertz CT molecular complexity index is 844. The van der Waals surface area contributed by atoms with Crippen molar-refractivity contribution < 1.29 is 39.0 Å². The number of guanidine groups is 1. The summed E-state index contributed by atoms with van der Waals surface area (Å²) in [5.41, 5.74) is 21.4. The van der Waals surface area contributed by atoms with Gasteiger partial charge in [-0.1, -0.05) is 13.8 Å². The van der Waals surface area contributed by atoms with Crippen LogP contribution in [0.5, 0.6) is 0 Å². The minimum absolute atomic E-state index is 0.0336. The quantitative estimate of drug-likeness (QED) is 0.0514. The van der Waals surface area contributed by atoms with E-state index in [1.807, 2.05) is 0 Å². The van der Waals surface area contributed by atoms with Crippen LogP contribution in [-0.4, -0.2) is 82.5 Å². The normalized spacial score (nSPS) is 14.0. The van der Waals surface area contributed by atoms with Crippen molar-refractivity contribution in [2.24, 2.45) is 33.8 Å². The number of nitrogens with zero attached hydrogens (tertiary/aromatic N) is 1. The first-order chi connectivity index (χ1) is 16.6. The summed E-state index contributed by atoms with van der Waals surface area (Å²) in [6.07, 6.45) is -1.40. The molecule has 0 saturated heterocycles. The lowest BCUT2D eigenvalue weighted by Gasteiger charge is -2.25. The molecule has 0 radical (unpaired) electrons. The molecule has 0 bridgehead atoms. The summed E-state index contributed by atoms with van der Waals surface area (Å²) in [6, 6.07) is -5.33. The number of hydrogen-bond donors (Lipinski definition) is 9. The molecule has 0 aromatic carbocycles. The van der Waals surface area contributed by atoms with Crippen LogP contribution < -0.4 is 38.9 Å². The number of aliphatic carboxylic acids is 2. The molecule has 204 valence electrons. The third-order valence-electron chi connectivity index (χ3n) is 4.90. The first kappa shape index (κ1) is 32.0. The molecule has 4 atom stereocenters. The Hall–Kier alpha value is -3.95. The Morgan fingerprint density at radius 3 is 1.75 bits per heavy atom. The molecule has 0 heterocycles. The molecular formula is C20H36N8O8. The number of hydrogen-bond acceptors (Lipinski definition) is 8. The van der Waals surface area contributed by atoms with E-state index in [0.29, 0.717) is 0 Å². The van der Waals surface area contributed by atoms with E-state index in [1.165, 1.54) is 0 Å². The van der Waals surface area contributed by atoms with Crippen molar-refractivity contribution >= 4 is 41.5 Å². The summed E-state index contributed by atoms with van der Waals surface area (Å²) in [5.74, 6) is -6.79. The molecule has 0 aliphatic heterocycles. The Labute approximate surface area is 207 Å². The topological polar surface area (TPSA) is 295 Å². The van der Waals surface area contributed by atoms with Gasteiger partial charge in [-0.3, -0.25) is 29.0 Å². The zero-order valence-electron chi connectivity index (χ0n) is 20.2. The van der Waals surface area contributed by atoms with Gasteiger partial charge >= 0.3 is 11.9 Å². The van der Waals surface area contributed by atoms with Gasteiger partial charge in [0.05, 0.1) is 12.5 Å². The second kappa shape index (κ2) is 15.9. The third kappa shape index (κ3) is 13.1. The number of carboxylic acids is 2. The summed E-state index contributed by atoms with van der Waals surface area (Å²) in [6.45, 7) is 3.54. The van der Waals surface area contributed by atoms with Crippen LogP contribution >= 0.6 is 0 Å². The molecule has 0 saturated carbocycles. The molecule has 0 aromatic rings. The average Bonchev–Trinajstić information content (AvgIpc) is 2.76. The number of aliphatic imine (C=N–C) groups is 1. The van der Waals surface area contributed by atoms with Gasteiger partial charge in [-0.15, -0.1) is 0 Å². The predicted octanol–water partition coefficient (Wildman–Crippen LogP) is -3.70. The van der Waals surface area contributed by atoms with Crippen molar-refractivity contribution in [3.8, 4) is 0 Å². The lowest BCUT2D eigenvalue weighted by Crippen LogP contribution is -2.57. The summed E-state index contributed by atoms with van der Waals surface area (Å²) < 4.78 is 0. The van der Waals surface area contributed by atoms with Gasteiger partial charge in [0.25, 0.3) is 0 Å². The van der Waals surface area contributed by atoms with Crippen molar-refractivity contribution in [2.45, 2.75) is 70.1 Å². The molecule has 13 N–H and O–H groups in total. The van der Waals surface area contributed by atoms with Gasteiger partial charge in [-0.05, 0) is 25.2 Å². The van der Waals surface area contributed by atoms with Crippen LogP contribution in [0.4, 0.5) is 0 Å². The number of carbonyl (C=O) groups excluding carboxylic acids is 4. The van der Waals surface area contributed by atoms with Gasteiger partial charge in [0, 0.05) is 13.0 Å². The van der Waals surface area contributed by atoms with Crippen molar-refractivity contribution in [2.75, 3.05) is 6.54 Å². The highest BCUT2D eigenvalue weighted by molar-refractivity contribution is 5.95. The predicted molar refractivity (Wildman–Crippen MR) is 127 cm³/mol. The molecule has 0 rings (SSSR count). The summed E-state index contributed by atoms with van der Waals surface area (Å²) in [7, 11) is 0. The van der Waals surface area contributed by atoms with E-state index >= 15 is 0 Å². The molecule has 4 amide bonds. The monoisotopic (exact) mass is 516 g/mol. The molecule has 0 aromatic heterocycles. The maximum absolute atomic E-state index is 13.0. The van der Waals surface area contributed by atoms with E-state index in [-0.39, 0.29) is 31.3 Å². The largest absolute Gasteiger partial charge is 0.481 e. The number of nitrogens with two attached hydrogens (primary N) is 4. The standard InChI is InChI=1S/C20H36N8O8/c1-9(2)15(22)18(34)27-10(4-3-7-25-20(23)24)16(32)26-11(5-6-14(30)31)17(33)28-12(19(35)36)8-13(21)29/h9-12,15H,3-8,22H2,1-2H3,(H2,21,29)(H,26,32)(H,27,34)(H,28,33)(H,30,31)(H,35,36)(H4,23,24,25). The van der Waals surface area contributed by atoms with Crippen LogP contribution in [0.2, 0.25) is 0 Å². The number of primary amides is 1. The van der Waals surface area contributed by atoms with Gasteiger partial charge in [0.1, 0.15) is 18.1 Å². The SMILES string of the molecule is CC(C)C(N)C(=O)NC(CCCN=C(N)N)C(=O)NC(CCC(=O)O)C(=O)NC(CC(N)=O)C(=O)O. The fourth-order valence-corrected chi connectivity index (χ4v) is 2.83. The van der Waals surface area contributed by atoms with Gasteiger partial charge in [-0.2, -0.15) is 0 Å². The maximum Gasteiger partial charge on any atom is 0.326 e. The zero-order valence-corrected chi connectivity index (χ0v) is 20.2. The van der Waals surface area contributed by atoms with Gasteiger partial charge < -0.3 is 49.1 Å². The average molecular weight is 517 g/mol. The summed E-state index contributed by atoms with van der Waals surface area (Å²) in [4.78, 5) is 75.4. The molecular weight excluding hydrogens is 480 g/mol. The summed E-state index contributed by atoms with van der Waals surface area (Å²) in [5, 5.41) is 25.1. The van der Waals surface area contributed by atoms with E-state index in [0.717, 1.165) is 0 Å². The van der Waals surface area contributed by atoms with Crippen LogP contribution in [0.3, 0.4) is 0 Å². The van der Waals surface area contributed by atoms with E-state index in [9.17, 15) is 33.9 Å². The smallest absolute Gasteiger partial charge is 0.326 e. The van der Waals surface area contributed by atoms with E-state index in [1.54, 1.807) is 13.8 Å². The maximum atomic E-state index is 13.0. The Morgan fingerprint density at radius 2 is 1.31 bits per heavy atom. The molecule has 0 fully saturated rings. The number of carboxylic acid groups (broad SMARTS) is 2. The molecule has 0 aliphatic rings. The van der Waals surface area contributed by atoms with E-state index in [2.05, 4.69) is 20.9 Å². The number of rotatable bonds is 17. The van der Waals surface area contributed by atoms with Gasteiger partial charge in [-0.25, -0.2) is 4.79 Å². The first-order valence-electron chi connectivity index (χ1n) is 11.1. The molecule has 0 spiro atoms. The second-order valence-electron chi connectivity index (χ2n) is 8.34. The lowest BCUT2D eigenvalue weighted by atomic mass is 10.0. The van der Waals surface area contributed by atoms with Crippen molar-refractivity contribution in [1.82, 2.24) is 16.0 Å². The highest BCUT2D eigenvalue weighted by Crippen LogP contribution is 2.06. The van der Waals surface area contributed by atoms with E-state index in [4.69, 9.17) is 28.0 Å². The van der Waals surface area contributed by atoms with Crippen molar-refractivity contribution in [1.29, 1.82) is 0 Å². The number of amides is 4. The highest BCUT2D eigenvalue weighted by atomic mass is 16.4. The van der Waals surface area contributed by atoms with Crippen molar-refractivity contribution in [3.63, 3.8) is 0 Å². The van der Waals surface area contributed by atoms with Crippen LogP contribution in [-0.2, 0) is 28.8 Å². The molecule has 16 nitrogen and oxygen atoms in total. The van der Waals surface area contributed by atoms with Crippen LogP contribution in [0.15, 0.2) is 4.99 Å². The number of nitrogens with one attached hydrogen (secondary N) is 3. The Kier molecular flexibility index (Phi) is 14.1. The van der Waals surface area contributed by atoms with Gasteiger partial charge in [0.15, 0.2) is 5.96 Å². The van der Waals surface area contributed by atoms with Crippen LogP contribution in [0.25, 0.3) is 0 Å².